The molecule has 14 heavy (non-hydrogen) atoms. The Morgan fingerprint density at radius 2 is 1.79 bits per heavy atom. The minimum Gasteiger partial charge on any atom is -0.300 e. The third kappa shape index (κ3) is 4.74. The molecule has 0 aromatic rings. The van der Waals surface area contributed by atoms with Crippen molar-refractivity contribution >= 4 is 15.6 Å². The van der Waals surface area contributed by atoms with Gasteiger partial charge in [-0.05, 0) is 19.8 Å². The van der Waals surface area contributed by atoms with Gasteiger partial charge in [0.05, 0.1) is 11.0 Å². The van der Waals surface area contributed by atoms with E-state index < -0.39 is 15.1 Å². The maximum absolute atomic E-state index is 11.7. The molecule has 2 unspecified atom stereocenters. The number of Topliss-reactive ketones (excluding diaryl/α,β-unsaturated/α-hetero) is 1. The number of carbonyl (C=O) groups excluding carboxylic acids is 1. The first-order chi connectivity index (χ1) is 6.29. The molecule has 0 rings (SSSR count). The Kier molecular flexibility index (Phi) is 5.34. The maximum atomic E-state index is 11.7. The van der Waals surface area contributed by atoms with E-state index >= 15 is 0 Å². The average molecular weight is 220 g/mol. The standard InChI is InChI=1S/C10H20O3S/c1-5-8(2)7-14(12,13)10(4)6-9(3)11/h8,10H,5-7H2,1-4H3. The third-order valence-electron chi connectivity index (χ3n) is 2.40. The molecular weight excluding hydrogens is 200 g/mol. The lowest BCUT2D eigenvalue weighted by Gasteiger charge is -2.14. The van der Waals surface area contributed by atoms with Crippen LogP contribution in [0.3, 0.4) is 0 Å². The van der Waals surface area contributed by atoms with Crippen molar-refractivity contribution in [2.45, 2.75) is 45.8 Å². The molecule has 0 amide bonds. The van der Waals surface area contributed by atoms with Crippen molar-refractivity contribution in [1.82, 2.24) is 0 Å². The zero-order valence-electron chi connectivity index (χ0n) is 9.41. The van der Waals surface area contributed by atoms with Crippen LogP contribution in [0, 0.1) is 5.92 Å². The molecule has 0 aliphatic rings. The van der Waals surface area contributed by atoms with Crippen LogP contribution in [0.1, 0.15) is 40.5 Å². The van der Waals surface area contributed by atoms with Crippen LogP contribution in [-0.4, -0.2) is 25.2 Å². The highest BCUT2D eigenvalue weighted by Gasteiger charge is 2.23. The van der Waals surface area contributed by atoms with Crippen LogP contribution in [0.15, 0.2) is 0 Å². The Balaban J connectivity index is 4.39. The summed E-state index contributed by atoms with van der Waals surface area (Å²) in [6, 6.07) is 0. The first kappa shape index (κ1) is 13.6. The Morgan fingerprint density at radius 3 is 2.14 bits per heavy atom. The molecule has 0 spiro atoms. The van der Waals surface area contributed by atoms with Crippen LogP contribution in [0.4, 0.5) is 0 Å². The van der Waals surface area contributed by atoms with Crippen LogP contribution < -0.4 is 0 Å². The fraction of sp³-hybridized carbons (Fsp3) is 0.900. The van der Waals surface area contributed by atoms with Gasteiger partial charge in [-0.1, -0.05) is 20.3 Å². The summed E-state index contributed by atoms with van der Waals surface area (Å²) in [4.78, 5) is 10.8. The van der Waals surface area contributed by atoms with Crippen LogP contribution in [0.5, 0.6) is 0 Å². The highest BCUT2D eigenvalue weighted by molar-refractivity contribution is 7.92. The van der Waals surface area contributed by atoms with Gasteiger partial charge in [0.25, 0.3) is 0 Å². The van der Waals surface area contributed by atoms with E-state index in [2.05, 4.69) is 0 Å². The smallest absolute Gasteiger partial charge is 0.153 e. The van der Waals surface area contributed by atoms with Crippen molar-refractivity contribution in [3.8, 4) is 0 Å². The quantitative estimate of drug-likeness (QED) is 0.686. The Morgan fingerprint density at radius 1 is 1.29 bits per heavy atom. The van der Waals surface area contributed by atoms with E-state index in [1.807, 2.05) is 13.8 Å². The van der Waals surface area contributed by atoms with Crippen molar-refractivity contribution in [2.24, 2.45) is 5.92 Å². The molecule has 0 saturated heterocycles. The number of sulfone groups is 1. The molecule has 4 heteroatoms. The van der Waals surface area contributed by atoms with Gasteiger partial charge >= 0.3 is 0 Å². The maximum Gasteiger partial charge on any atom is 0.153 e. The molecule has 0 fully saturated rings. The topological polar surface area (TPSA) is 51.2 Å². The normalized spacial score (nSPS) is 16.3. The Bertz CT molecular complexity index is 280. The summed E-state index contributed by atoms with van der Waals surface area (Å²) in [5.74, 6) is 0.303. The molecule has 0 radical (unpaired) electrons. The molecule has 0 aliphatic carbocycles. The van der Waals surface area contributed by atoms with E-state index in [9.17, 15) is 13.2 Å². The summed E-state index contributed by atoms with van der Waals surface area (Å²) in [6.07, 6.45) is 0.991. The van der Waals surface area contributed by atoms with Gasteiger partial charge in [-0.3, -0.25) is 4.79 Å². The molecule has 0 heterocycles. The van der Waals surface area contributed by atoms with Crippen molar-refractivity contribution in [3.05, 3.63) is 0 Å². The second-order valence-corrected chi connectivity index (χ2v) is 6.52. The van der Waals surface area contributed by atoms with Crippen LogP contribution in [-0.2, 0) is 14.6 Å². The molecule has 0 bridgehead atoms. The van der Waals surface area contributed by atoms with Crippen LogP contribution in [0.2, 0.25) is 0 Å². The fourth-order valence-electron chi connectivity index (χ4n) is 1.21. The number of carbonyl (C=O) groups is 1. The van der Waals surface area contributed by atoms with Gasteiger partial charge < -0.3 is 0 Å². The van der Waals surface area contributed by atoms with E-state index in [0.717, 1.165) is 6.42 Å². The molecule has 2 atom stereocenters. The summed E-state index contributed by atoms with van der Waals surface area (Å²) < 4.78 is 23.4. The number of rotatable bonds is 6. The largest absolute Gasteiger partial charge is 0.300 e. The molecule has 84 valence electrons. The summed E-state index contributed by atoms with van der Waals surface area (Å²) in [5.41, 5.74) is 0. The lowest BCUT2D eigenvalue weighted by Crippen LogP contribution is -2.26. The monoisotopic (exact) mass is 220 g/mol. The minimum absolute atomic E-state index is 0.0646. The zero-order chi connectivity index (χ0) is 11.4. The van der Waals surface area contributed by atoms with Gasteiger partial charge in [-0.15, -0.1) is 0 Å². The van der Waals surface area contributed by atoms with E-state index in [1.165, 1.54) is 6.92 Å². The summed E-state index contributed by atoms with van der Waals surface area (Å²) in [6.45, 7) is 6.92. The zero-order valence-corrected chi connectivity index (χ0v) is 10.2. The van der Waals surface area contributed by atoms with Crippen molar-refractivity contribution in [1.29, 1.82) is 0 Å². The first-order valence-corrected chi connectivity index (χ1v) is 6.72. The van der Waals surface area contributed by atoms with E-state index in [4.69, 9.17) is 0 Å². The SMILES string of the molecule is CCC(C)CS(=O)(=O)C(C)CC(C)=O. The number of hydrogen-bond donors (Lipinski definition) is 0. The van der Waals surface area contributed by atoms with E-state index in [0.29, 0.717) is 0 Å². The Hall–Kier alpha value is -0.380. The van der Waals surface area contributed by atoms with Gasteiger partial charge in [0.1, 0.15) is 5.78 Å². The Labute approximate surface area is 86.8 Å². The van der Waals surface area contributed by atoms with Crippen molar-refractivity contribution < 1.29 is 13.2 Å². The molecule has 3 nitrogen and oxygen atoms in total. The van der Waals surface area contributed by atoms with E-state index in [1.54, 1.807) is 6.92 Å². The molecule has 0 N–H and O–H groups in total. The van der Waals surface area contributed by atoms with Gasteiger partial charge in [0.2, 0.25) is 0 Å². The molecule has 0 aromatic carbocycles. The predicted molar refractivity (Wildman–Crippen MR) is 58.0 cm³/mol. The molecule has 0 aliphatic heterocycles. The predicted octanol–water partition coefficient (Wildman–Crippen LogP) is 1.81. The fourth-order valence-corrected chi connectivity index (χ4v) is 3.06. The number of hydrogen-bond acceptors (Lipinski definition) is 3. The van der Waals surface area contributed by atoms with Crippen molar-refractivity contribution in [3.63, 3.8) is 0 Å². The van der Waals surface area contributed by atoms with Gasteiger partial charge in [-0.25, -0.2) is 8.42 Å². The highest BCUT2D eigenvalue weighted by Crippen LogP contribution is 2.13. The first-order valence-electron chi connectivity index (χ1n) is 5.00. The van der Waals surface area contributed by atoms with Gasteiger partial charge in [-0.2, -0.15) is 0 Å². The van der Waals surface area contributed by atoms with Gasteiger partial charge in [0, 0.05) is 6.42 Å². The van der Waals surface area contributed by atoms with E-state index in [-0.39, 0.29) is 23.9 Å². The third-order valence-corrected chi connectivity index (χ3v) is 4.83. The lowest BCUT2D eigenvalue weighted by atomic mass is 10.2. The van der Waals surface area contributed by atoms with Gasteiger partial charge in [0.15, 0.2) is 9.84 Å². The minimum atomic E-state index is -3.09. The second kappa shape index (κ2) is 5.49. The van der Waals surface area contributed by atoms with Crippen LogP contribution in [0.25, 0.3) is 0 Å². The summed E-state index contributed by atoms with van der Waals surface area (Å²) in [5, 5.41) is -0.533. The molecule has 0 saturated carbocycles. The summed E-state index contributed by atoms with van der Waals surface area (Å²) >= 11 is 0. The highest BCUT2D eigenvalue weighted by atomic mass is 32.2. The number of ketones is 1. The van der Waals surface area contributed by atoms with Crippen LogP contribution >= 0.6 is 0 Å². The molecule has 0 aromatic heterocycles. The average Bonchev–Trinajstić information content (AvgIpc) is 2.02. The van der Waals surface area contributed by atoms with Crippen molar-refractivity contribution in [2.75, 3.05) is 5.75 Å². The lowest BCUT2D eigenvalue weighted by molar-refractivity contribution is -0.116. The second-order valence-electron chi connectivity index (χ2n) is 4.06. The molecular formula is C10H20O3S. The summed E-state index contributed by atoms with van der Waals surface area (Å²) in [7, 11) is -3.09.